The Balaban J connectivity index is 1.37. The van der Waals surface area contributed by atoms with E-state index in [1.807, 2.05) is 13.0 Å². The van der Waals surface area contributed by atoms with E-state index in [-0.39, 0.29) is 23.3 Å². The summed E-state index contributed by atoms with van der Waals surface area (Å²) >= 11 is 0. The molecule has 34 heavy (non-hydrogen) atoms. The fourth-order valence-corrected chi connectivity index (χ4v) is 7.63. The Hall–Kier alpha value is -2.47. The number of anilines is 1. The van der Waals surface area contributed by atoms with Crippen LogP contribution in [0, 0.1) is 36.4 Å². The lowest BCUT2D eigenvalue weighted by Gasteiger charge is -2.54. The fraction of sp³-hybridized carbons (Fsp3) is 0.571. The van der Waals surface area contributed by atoms with Gasteiger partial charge in [0.15, 0.2) is 0 Å². The number of nitrogens with one attached hydrogen (secondary N) is 1. The molecule has 3 N–H and O–H groups in total. The molecule has 2 heterocycles. The molecule has 1 aromatic heterocycles. The minimum Gasteiger partial charge on any atom is -0.368 e. The number of carbonyl (C=O) groups is 1. The largest absolute Gasteiger partial charge is 0.368 e. The molecule has 1 atom stereocenters. The number of nitrogens with zero attached hydrogens (tertiary/aromatic N) is 2. The van der Waals surface area contributed by atoms with Gasteiger partial charge >= 0.3 is 0 Å². The van der Waals surface area contributed by atoms with Crippen LogP contribution in [0.15, 0.2) is 30.6 Å². The zero-order valence-electron chi connectivity index (χ0n) is 20.2. The minimum atomic E-state index is -0.326. The molecule has 1 amide bonds. The molecule has 180 valence electrons. The van der Waals surface area contributed by atoms with Gasteiger partial charge in [-0.2, -0.15) is 0 Å². The zero-order chi connectivity index (χ0) is 23.6. The highest BCUT2D eigenvalue weighted by atomic mass is 19.1. The van der Waals surface area contributed by atoms with Crippen LogP contribution in [-0.4, -0.2) is 35.6 Å². The normalized spacial score (nSPS) is 34.0. The topological polar surface area (TPSA) is 71.2 Å². The van der Waals surface area contributed by atoms with Crippen molar-refractivity contribution in [3.05, 3.63) is 47.5 Å². The molecular formula is C28H35FN4O. The molecule has 1 aliphatic heterocycles. The summed E-state index contributed by atoms with van der Waals surface area (Å²) in [6.07, 6.45) is 10.7. The third-order valence-electron chi connectivity index (χ3n) is 8.86. The van der Waals surface area contributed by atoms with E-state index in [1.54, 1.807) is 12.4 Å². The third-order valence-corrected chi connectivity index (χ3v) is 8.86. The molecule has 0 spiro atoms. The van der Waals surface area contributed by atoms with Crippen molar-refractivity contribution in [3.8, 4) is 11.1 Å². The fourth-order valence-electron chi connectivity index (χ4n) is 7.63. The van der Waals surface area contributed by atoms with Crippen LogP contribution in [0.5, 0.6) is 0 Å². The molecule has 2 aromatic rings. The summed E-state index contributed by atoms with van der Waals surface area (Å²) in [5, 5.41) is 3.45. The number of nitrogens with two attached hydrogens (primary N) is 1. The maximum Gasteiger partial charge on any atom is 0.255 e. The summed E-state index contributed by atoms with van der Waals surface area (Å²) in [5.41, 5.74) is 9.93. The summed E-state index contributed by atoms with van der Waals surface area (Å²) in [7, 11) is 0. The van der Waals surface area contributed by atoms with Gasteiger partial charge in [-0.25, -0.2) is 4.39 Å². The van der Waals surface area contributed by atoms with Crippen LogP contribution in [-0.2, 0) is 0 Å². The van der Waals surface area contributed by atoms with Crippen LogP contribution >= 0.6 is 0 Å². The minimum absolute atomic E-state index is 0.0550. The SMILES string of the molecule is Cc1cc(F)cc(-c2cncc(C(=O)NC3C4CC5CC(C4)CC3C5)c2N2CC[C@](C)(N)C2)c1. The van der Waals surface area contributed by atoms with Crippen molar-refractivity contribution >= 4 is 11.6 Å². The Labute approximate surface area is 201 Å². The van der Waals surface area contributed by atoms with E-state index in [1.165, 1.54) is 44.2 Å². The molecule has 1 aromatic carbocycles. The van der Waals surface area contributed by atoms with E-state index < -0.39 is 0 Å². The van der Waals surface area contributed by atoms with Crippen LogP contribution in [0.25, 0.3) is 11.1 Å². The predicted molar refractivity (Wildman–Crippen MR) is 132 cm³/mol. The maximum absolute atomic E-state index is 14.3. The molecule has 5 nitrogen and oxygen atoms in total. The number of rotatable bonds is 4. The Morgan fingerprint density at radius 3 is 2.44 bits per heavy atom. The molecule has 0 unspecified atom stereocenters. The Morgan fingerprint density at radius 2 is 1.82 bits per heavy atom. The number of benzene rings is 1. The number of pyridine rings is 1. The van der Waals surface area contributed by atoms with Crippen molar-refractivity contribution < 1.29 is 9.18 Å². The van der Waals surface area contributed by atoms with Crippen molar-refractivity contribution in [2.24, 2.45) is 29.4 Å². The molecule has 6 heteroatoms. The number of aromatic nitrogens is 1. The van der Waals surface area contributed by atoms with Gasteiger partial charge in [0.2, 0.25) is 0 Å². The molecule has 7 rings (SSSR count). The third kappa shape index (κ3) is 3.90. The lowest BCUT2D eigenvalue weighted by Crippen LogP contribution is -2.55. The second kappa shape index (κ2) is 8.04. The Morgan fingerprint density at radius 1 is 1.12 bits per heavy atom. The first-order valence-corrected chi connectivity index (χ1v) is 12.9. The van der Waals surface area contributed by atoms with Crippen molar-refractivity contribution in [1.29, 1.82) is 0 Å². The summed E-state index contributed by atoms with van der Waals surface area (Å²) in [4.78, 5) is 20.5. The second-order valence-corrected chi connectivity index (χ2v) is 11.9. The van der Waals surface area contributed by atoms with Crippen LogP contribution in [0.3, 0.4) is 0 Å². The highest BCUT2D eigenvalue weighted by Crippen LogP contribution is 2.53. The van der Waals surface area contributed by atoms with Gasteiger partial charge in [0.05, 0.1) is 11.3 Å². The summed E-state index contributed by atoms with van der Waals surface area (Å²) < 4.78 is 14.3. The van der Waals surface area contributed by atoms with Gasteiger partial charge < -0.3 is 16.0 Å². The first kappa shape index (κ1) is 22.0. The molecule has 4 saturated carbocycles. The molecule has 0 radical (unpaired) electrons. The molecule has 4 aliphatic carbocycles. The number of carbonyl (C=O) groups excluding carboxylic acids is 1. The van der Waals surface area contributed by atoms with Crippen molar-refractivity contribution in [2.45, 2.75) is 64.0 Å². The van der Waals surface area contributed by atoms with Crippen molar-refractivity contribution in [1.82, 2.24) is 10.3 Å². The van der Waals surface area contributed by atoms with E-state index in [0.29, 0.717) is 23.9 Å². The smallest absolute Gasteiger partial charge is 0.255 e. The Bertz CT molecular complexity index is 1080. The molecular weight excluding hydrogens is 427 g/mol. The molecule has 5 fully saturated rings. The van der Waals surface area contributed by atoms with Gasteiger partial charge in [0, 0.05) is 42.6 Å². The summed E-state index contributed by atoms with van der Waals surface area (Å²) in [6.45, 7) is 5.34. The standard InChI is InChI=1S/C28H35FN4O/c1-16-5-19(12-22(29)6-16)23-13-31-14-24(26(23)33-4-3-28(2,30)15-33)27(34)32-25-20-8-17-7-18(10-20)11-21(25)9-17/h5-6,12-14,17-18,20-21,25H,3-4,7-11,15,30H2,1-2H3,(H,32,34)/t17?,18?,20?,21?,25?,28-/m0/s1. The van der Waals surface area contributed by atoms with E-state index in [4.69, 9.17) is 5.73 Å². The lowest BCUT2D eigenvalue weighted by molar-refractivity contribution is -0.0119. The monoisotopic (exact) mass is 462 g/mol. The maximum atomic E-state index is 14.3. The summed E-state index contributed by atoms with van der Waals surface area (Å²) in [5.74, 6) is 2.59. The van der Waals surface area contributed by atoms with Gasteiger partial charge in [-0.15, -0.1) is 0 Å². The zero-order valence-corrected chi connectivity index (χ0v) is 20.2. The predicted octanol–water partition coefficient (Wildman–Crippen LogP) is 4.68. The van der Waals surface area contributed by atoms with Gasteiger partial charge in [0.1, 0.15) is 5.82 Å². The Kier molecular flexibility index (Phi) is 5.21. The van der Waals surface area contributed by atoms with Gasteiger partial charge in [-0.1, -0.05) is 6.07 Å². The number of halogens is 1. The van der Waals surface area contributed by atoms with Crippen LogP contribution < -0.4 is 16.0 Å². The van der Waals surface area contributed by atoms with Crippen LogP contribution in [0.2, 0.25) is 0 Å². The average molecular weight is 463 g/mol. The first-order chi connectivity index (χ1) is 16.3. The first-order valence-electron chi connectivity index (χ1n) is 12.9. The van der Waals surface area contributed by atoms with Gasteiger partial charge in [0.25, 0.3) is 5.91 Å². The average Bonchev–Trinajstić information content (AvgIpc) is 3.13. The second-order valence-electron chi connectivity index (χ2n) is 11.9. The molecule has 1 saturated heterocycles. The molecule has 5 aliphatic rings. The van der Waals surface area contributed by atoms with E-state index >= 15 is 0 Å². The summed E-state index contributed by atoms with van der Waals surface area (Å²) in [6, 6.07) is 5.27. The number of aryl methyl sites for hydroxylation is 1. The lowest BCUT2D eigenvalue weighted by atomic mass is 9.54. The van der Waals surface area contributed by atoms with Crippen molar-refractivity contribution in [3.63, 3.8) is 0 Å². The number of hydrogen-bond acceptors (Lipinski definition) is 4. The van der Waals surface area contributed by atoms with Gasteiger partial charge in [-0.05, 0) is 99.3 Å². The van der Waals surface area contributed by atoms with E-state index in [0.717, 1.165) is 47.2 Å². The van der Waals surface area contributed by atoms with Crippen LogP contribution in [0.1, 0.15) is 61.4 Å². The number of amides is 1. The highest BCUT2D eigenvalue weighted by Gasteiger charge is 2.49. The highest BCUT2D eigenvalue weighted by molar-refractivity contribution is 6.03. The van der Waals surface area contributed by atoms with E-state index in [9.17, 15) is 9.18 Å². The van der Waals surface area contributed by atoms with Gasteiger partial charge in [-0.3, -0.25) is 9.78 Å². The quantitative estimate of drug-likeness (QED) is 0.692. The number of hydrogen-bond donors (Lipinski definition) is 2. The van der Waals surface area contributed by atoms with Crippen molar-refractivity contribution in [2.75, 3.05) is 18.0 Å². The van der Waals surface area contributed by atoms with E-state index in [2.05, 4.69) is 22.1 Å². The van der Waals surface area contributed by atoms with Crippen LogP contribution in [0.4, 0.5) is 10.1 Å². The molecule has 4 bridgehead atoms.